The summed E-state index contributed by atoms with van der Waals surface area (Å²) in [7, 11) is 2.31. The van der Waals surface area contributed by atoms with Gasteiger partial charge in [0.15, 0.2) is 0 Å². The summed E-state index contributed by atoms with van der Waals surface area (Å²) < 4.78 is 7.15. The second kappa shape index (κ2) is 9.22. The van der Waals surface area contributed by atoms with Crippen molar-refractivity contribution in [1.82, 2.24) is 0 Å². The molecule has 0 bridgehead atoms. The van der Waals surface area contributed by atoms with Gasteiger partial charge in [0.05, 0.1) is 33.4 Å². The number of ether oxygens (including phenoxy) is 1. The summed E-state index contributed by atoms with van der Waals surface area (Å²) in [4.78, 5) is 0. The predicted octanol–water partition coefficient (Wildman–Crippen LogP) is 4.32. The lowest BCUT2D eigenvalue weighted by Gasteiger charge is -2.32. The average molecular weight is 292 g/mol. The van der Waals surface area contributed by atoms with Gasteiger partial charge in [-0.05, 0) is 25.3 Å². The number of likely N-dealkylation sites (N-methyl/N-ethyl adjacent to an activating group) is 1. The van der Waals surface area contributed by atoms with Crippen LogP contribution >= 0.6 is 0 Å². The quantitative estimate of drug-likeness (QED) is 0.461. The lowest BCUT2D eigenvalue weighted by Crippen LogP contribution is -2.46. The van der Waals surface area contributed by atoms with Gasteiger partial charge in [-0.15, -0.1) is 0 Å². The number of rotatable bonds is 10. The van der Waals surface area contributed by atoms with Crippen molar-refractivity contribution in [3.63, 3.8) is 0 Å². The monoisotopic (exact) mass is 292 g/mol. The van der Waals surface area contributed by atoms with Crippen molar-refractivity contribution in [3.8, 4) is 0 Å². The summed E-state index contributed by atoms with van der Waals surface area (Å²) in [5.41, 5.74) is 1.41. The number of benzene rings is 1. The number of hydrogen-bond acceptors (Lipinski definition) is 1. The molecule has 0 fully saturated rings. The molecule has 2 nitrogen and oxygen atoms in total. The summed E-state index contributed by atoms with van der Waals surface area (Å²) in [6.45, 7) is 14.3. The van der Waals surface area contributed by atoms with Crippen LogP contribution in [-0.2, 0) is 4.74 Å². The highest BCUT2D eigenvalue weighted by Gasteiger charge is 2.20. The van der Waals surface area contributed by atoms with Crippen molar-refractivity contribution in [1.29, 1.82) is 0 Å². The van der Waals surface area contributed by atoms with E-state index in [1.165, 1.54) is 25.1 Å². The molecule has 0 aromatic heterocycles. The van der Waals surface area contributed by atoms with Crippen molar-refractivity contribution < 1.29 is 9.22 Å². The van der Waals surface area contributed by atoms with Crippen LogP contribution in [-0.4, -0.2) is 44.4 Å². The zero-order chi connectivity index (χ0) is 15.7. The number of quaternary nitrogens is 1. The van der Waals surface area contributed by atoms with E-state index >= 15 is 0 Å². The van der Waals surface area contributed by atoms with E-state index in [1.807, 2.05) is 0 Å². The van der Waals surface area contributed by atoms with Crippen LogP contribution in [0.1, 0.15) is 45.6 Å². The average Bonchev–Trinajstić information content (AvgIpc) is 2.54. The van der Waals surface area contributed by atoms with Crippen molar-refractivity contribution in [3.05, 3.63) is 35.9 Å². The summed E-state index contributed by atoms with van der Waals surface area (Å²) in [5, 5.41) is 0. The minimum absolute atomic E-state index is 0.512. The molecule has 2 unspecified atom stereocenters. The van der Waals surface area contributed by atoms with Crippen molar-refractivity contribution in [2.24, 2.45) is 5.92 Å². The second-order valence-corrected chi connectivity index (χ2v) is 6.45. The van der Waals surface area contributed by atoms with Crippen LogP contribution in [0.3, 0.4) is 0 Å². The fraction of sp³-hybridized carbons (Fsp3) is 0.684. The summed E-state index contributed by atoms with van der Waals surface area (Å²) in [6, 6.07) is 10.8. The smallest absolute Gasteiger partial charge is 0.102 e. The molecule has 120 valence electrons. The van der Waals surface area contributed by atoms with Crippen LogP contribution < -0.4 is 0 Å². The van der Waals surface area contributed by atoms with Crippen LogP contribution in [0.5, 0.6) is 0 Å². The van der Waals surface area contributed by atoms with Crippen LogP contribution in [0.15, 0.2) is 30.3 Å². The molecule has 0 heterocycles. The van der Waals surface area contributed by atoms with Crippen LogP contribution in [0, 0.1) is 5.92 Å². The maximum Gasteiger partial charge on any atom is 0.102 e. The molecule has 0 aliphatic heterocycles. The predicted molar refractivity (Wildman–Crippen MR) is 91.6 cm³/mol. The molecule has 0 aliphatic carbocycles. The molecule has 2 atom stereocenters. The van der Waals surface area contributed by atoms with Gasteiger partial charge < -0.3 is 9.22 Å². The first-order valence-corrected chi connectivity index (χ1v) is 8.52. The molecule has 0 saturated carbocycles. The highest BCUT2D eigenvalue weighted by atomic mass is 16.5. The van der Waals surface area contributed by atoms with E-state index in [9.17, 15) is 0 Å². The van der Waals surface area contributed by atoms with Gasteiger partial charge in [-0.2, -0.15) is 0 Å². The Hall–Kier alpha value is -0.860. The topological polar surface area (TPSA) is 9.23 Å². The van der Waals surface area contributed by atoms with Gasteiger partial charge in [-0.3, -0.25) is 0 Å². The summed E-state index contributed by atoms with van der Waals surface area (Å²) in [6.07, 6.45) is 1.20. The Kier molecular flexibility index (Phi) is 7.98. The zero-order valence-corrected chi connectivity index (χ0v) is 14.6. The number of hydrogen-bond donors (Lipinski definition) is 0. The van der Waals surface area contributed by atoms with Gasteiger partial charge in [-0.25, -0.2) is 0 Å². The zero-order valence-electron chi connectivity index (χ0n) is 14.6. The lowest BCUT2D eigenvalue weighted by atomic mass is 9.86. The first kappa shape index (κ1) is 18.2. The Labute approximate surface area is 131 Å². The third-order valence-corrected chi connectivity index (χ3v) is 5.16. The fourth-order valence-corrected chi connectivity index (χ4v) is 2.61. The third-order valence-electron chi connectivity index (χ3n) is 5.16. The van der Waals surface area contributed by atoms with E-state index in [-0.39, 0.29) is 0 Å². The second-order valence-electron chi connectivity index (χ2n) is 6.45. The molecule has 21 heavy (non-hydrogen) atoms. The lowest BCUT2D eigenvalue weighted by molar-refractivity contribution is -0.906. The highest BCUT2D eigenvalue weighted by molar-refractivity contribution is 5.20. The van der Waals surface area contributed by atoms with E-state index in [0.29, 0.717) is 11.8 Å². The van der Waals surface area contributed by atoms with Crippen LogP contribution in [0.4, 0.5) is 0 Å². The molecule has 0 saturated heterocycles. The minimum Gasteiger partial charge on any atom is -0.375 e. The Bertz CT molecular complexity index is 372. The van der Waals surface area contributed by atoms with E-state index < -0.39 is 0 Å². The molecular formula is C19H34NO+. The Balaban J connectivity index is 2.52. The molecule has 0 radical (unpaired) electrons. The normalized spacial score (nSPS) is 14.9. The Morgan fingerprint density at radius 3 is 2.19 bits per heavy atom. The molecule has 0 aliphatic rings. The van der Waals surface area contributed by atoms with Crippen molar-refractivity contribution in [2.45, 2.75) is 40.0 Å². The standard InChI is InChI=1S/C19H34NO/c1-6-17(4)19(18-12-10-9-11-13-18)16-21-15-14-20(5,7-2)8-3/h9-13,17,19H,6-8,14-16H2,1-5H3/q+1. The maximum atomic E-state index is 6.06. The van der Waals surface area contributed by atoms with Gasteiger partial charge in [0.1, 0.15) is 6.54 Å². The molecule has 1 aromatic carbocycles. The van der Waals surface area contributed by atoms with Gasteiger partial charge in [0.25, 0.3) is 0 Å². The van der Waals surface area contributed by atoms with E-state index in [0.717, 1.165) is 24.2 Å². The molecule has 2 heteroatoms. The summed E-state index contributed by atoms with van der Waals surface area (Å²) >= 11 is 0. The summed E-state index contributed by atoms with van der Waals surface area (Å²) in [5.74, 6) is 1.17. The van der Waals surface area contributed by atoms with Crippen LogP contribution in [0.2, 0.25) is 0 Å². The van der Waals surface area contributed by atoms with Crippen molar-refractivity contribution in [2.75, 3.05) is 39.9 Å². The SMILES string of the molecule is CCC(C)C(COCC[N+](C)(CC)CC)c1ccccc1. The Morgan fingerprint density at radius 2 is 1.67 bits per heavy atom. The minimum atomic E-state index is 0.512. The molecular weight excluding hydrogens is 258 g/mol. The van der Waals surface area contributed by atoms with Gasteiger partial charge in [0.2, 0.25) is 0 Å². The van der Waals surface area contributed by atoms with E-state index in [4.69, 9.17) is 4.74 Å². The highest BCUT2D eigenvalue weighted by Crippen LogP contribution is 2.27. The van der Waals surface area contributed by atoms with Gasteiger partial charge in [-0.1, -0.05) is 50.6 Å². The number of nitrogens with zero attached hydrogens (tertiary/aromatic N) is 1. The van der Waals surface area contributed by atoms with E-state index in [2.05, 4.69) is 65.1 Å². The van der Waals surface area contributed by atoms with Gasteiger partial charge in [0, 0.05) is 5.92 Å². The molecule has 1 aromatic rings. The first-order valence-electron chi connectivity index (χ1n) is 8.52. The Morgan fingerprint density at radius 1 is 1.05 bits per heavy atom. The maximum absolute atomic E-state index is 6.06. The van der Waals surface area contributed by atoms with Gasteiger partial charge >= 0.3 is 0 Å². The molecule has 0 spiro atoms. The fourth-order valence-electron chi connectivity index (χ4n) is 2.61. The van der Waals surface area contributed by atoms with E-state index in [1.54, 1.807) is 0 Å². The largest absolute Gasteiger partial charge is 0.375 e. The van der Waals surface area contributed by atoms with Crippen LogP contribution in [0.25, 0.3) is 0 Å². The van der Waals surface area contributed by atoms with Crippen molar-refractivity contribution >= 4 is 0 Å². The molecule has 0 N–H and O–H groups in total. The first-order chi connectivity index (χ1) is 10.1. The third kappa shape index (κ3) is 5.80. The molecule has 0 amide bonds. The molecule has 1 rings (SSSR count).